The van der Waals surface area contributed by atoms with E-state index in [1.54, 1.807) is 11.3 Å². The zero-order valence-corrected chi connectivity index (χ0v) is 18.1. The quantitative estimate of drug-likeness (QED) is 0.477. The van der Waals surface area contributed by atoms with Gasteiger partial charge in [-0.3, -0.25) is 0 Å². The van der Waals surface area contributed by atoms with Gasteiger partial charge in [0.25, 0.3) is 0 Å². The summed E-state index contributed by atoms with van der Waals surface area (Å²) in [6.45, 7) is 3.13. The first-order valence-electron chi connectivity index (χ1n) is 10.3. The SMILES string of the molecule is Cc1cc2c(NCc3ccc4c(c3)OCO4)nc(C3CCCCC3)nc2s1.O=C(O)O. The molecule has 1 fully saturated rings. The van der Waals surface area contributed by atoms with E-state index < -0.39 is 6.16 Å². The summed E-state index contributed by atoms with van der Waals surface area (Å²) in [5, 5.41) is 18.6. The minimum absolute atomic E-state index is 0.303. The molecule has 1 aromatic carbocycles. The van der Waals surface area contributed by atoms with Crippen LogP contribution in [0.2, 0.25) is 0 Å². The molecule has 2 aliphatic rings. The van der Waals surface area contributed by atoms with E-state index in [-0.39, 0.29) is 0 Å². The van der Waals surface area contributed by atoms with Gasteiger partial charge in [0, 0.05) is 17.3 Å². The number of aryl methyl sites for hydroxylation is 1. The topological polar surface area (TPSA) is 114 Å². The van der Waals surface area contributed by atoms with Gasteiger partial charge < -0.3 is 25.0 Å². The van der Waals surface area contributed by atoms with Crippen molar-refractivity contribution in [3.63, 3.8) is 0 Å². The molecule has 5 rings (SSSR count). The summed E-state index contributed by atoms with van der Waals surface area (Å²) in [6.07, 6.45) is 4.49. The number of hydrogen-bond acceptors (Lipinski definition) is 7. The van der Waals surface area contributed by atoms with Crippen LogP contribution in [0.25, 0.3) is 10.2 Å². The maximum absolute atomic E-state index is 8.56. The molecule has 8 nitrogen and oxygen atoms in total. The van der Waals surface area contributed by atoms with E-state index in [2.05, 4.69) is 24.4 Å². The molecule has 0 unspecified atom stereocenters. The maximum Gasteiger partial charge on any atom is 0.503 e. The third-order valence-corrected chi connectivity index (χ3v) is 6.34. The summed E-state index contributed by atoms with van der Waals surface area (Å²) in [5.74, 6) is 4.09. The molecule has 0 radical (unpaired) electrons. The highest BCUT2D eigenvalue weighted by molar-refractivity contribution is 7.18. The van der Waals surface area contributed by atoms with Gasteiger partial charge in [-0.25, -0.2) is 14.8 Å². The van der Waals surface area contributed by atoms with E-state index in [1.165, 1.54) is 37.0 Å². The van der Waals surface area contributed by atoms with E-state index in [9.17, 15) is 0 Å². The van der Waals surface area contributed by atoms with Crippen molar-refractivity contribution in [2.75, 3.05) is 12.1 Å². The predicted molar refractivity (Wildman–Crippen MR) is 119 cm³/mol. The number of fused-ring (bicyclic) bond motifs is 2. The lowest BCUT2D eigenvalue weighted by atomic mass is 9.89. The number of thiophene rings is 1. The van der Waals surface area contributed by atoms with Gasteiger partial charge in [0.05, 0.1) is 5.39 Å². The highest BCUT2D eigenvalue weighted by Gasteiger charge is 2.21. The second kappa shape index (κ2) is 9.38. The van der Waals surface area contributed by atoms with Crippen LogP contribution in [-0.4, -0.2) is 33.1 Å². The second-order valence-corrected chi connectivity index (χ2v) is 8.90. The molecule has 0 saturated heterocycles. The molecule has 1 aliphatic heterocycles. The summed E-state index contributed by atoms with van der Waals surface area (Å²) < 4.78 is 10.9. The zero-order valence-electron chi connectivity index (χ0n) is 17.3. The van der Waals surface area contributed by atoms with Crippen molar-refractivity contribution in [1.82, 2.24) is 9.97 Å². The van der Waals surface area contributed by atoms with Crippen molar-refractivity contribution >= 4 is 33.5 Å². The number of aromatic nitrogens is 2. The number of carbonyl (C=O) groups is 1. The number of benzene rings is 1. The molecule has 1 aliphatic carbocycles. The lowest BCUT2D eigenvalue weighted by Crippen LogP contribution is -2.11. The molecule has 0 spiro atoms. The van der Waals surface area contributed by atoms with Crippen LogP contribution in [0.3, 0.4) is 0 Å². The number of ether oxygens (including phenoxy) is 2. The smallest absolute Gasteiger partial charge is 0.454 e. The Morgan fingerprint density at radius 3 is 2.65 bits per heavy atom. The number of nitrogens with zero attached hydrogens (tertiary/aromatic N) is 2. The molecule has 1 saturated carbocycles. The number of hydrogen-bond donors (Lipinski definition) is 3. The van der Waals surface area contributed by atoms with Gasteiger partial charge in [0.15, 0.2) is 11.5 Å². The maximum atomic E-state index is 8.56. The molecule has 2 aromatic heterocycles. The molecule has 3 N–H and O–H groups in total. The van der Waals surface area contributed by atoms with Crippen LogP contribution in [-0.2, 0) is 6.54 Å². The third kappa shape index (κ3) is 5.16. The summed E-state index contributed by atoms with van der Waals surface area (Å²) in [6, 6.07) is 8.26. The lowest BCUT2D eigenvalue weighted by molar-refractivity contribution is 0.137. The van der Waals surface area contributed by atoms with E-state index in [4.69, 9.17) is 34.4 Å². The first-order chi connectivity index (χ1) is 15.0. The van der Waals surface area contributed by atoms with E-state index in [0.717, 1.165) is 38.9 Å². The van der Waals surface area contributed by atoms with Crippen LogP contribution < -0.4 is 14.8 Å². The van der Waals surface area contributed by atoms with Crippen LogP contribution >= 0.6 is 11.3 Å². The van der Waals surface area contributed by atoms with Gasteiger partial charge in [0.1, 0.15) is 16.5 Å². The van der Waals surface area contributed by atoms with Crippen molar-refractivity contribution in [2.24, 2.45) is 0 Å². The predicted octanol–water partition coefficient (Wildman–Crippen LogP) is 5.61. The fourth-order valence-electron chi connectivity index (χ4n) is 3.97. The molecular formula is C22H25N3O5S. The van der Waals surface area contributed by atoms with Crippen molar-refractivity contribution < 1.29 is 24.5 Å². The van der Waals surface area contributed by atoms with Crippen molar-refractivity contribution in [3.05, 3.63) is 40.5 Å². The highest BCUT2D eigenvalue weighted by atomic mass is 32.1. The van der Waals surface area contributed by atoms with Crippen LogP contribution in [0.15, 0.2) is 24.3 Å². The summed E-state index contributed by atoms with van der Waals surface area (Å²) in [7, 11) is 0. The first kappa shape index (κ1) is 21.2. The molecule has 0 amide bonds. The Kier molecular flexibility index (Phi) is 6.41. The number of nitrogens with one attached hydrogen (secondary N) is 1. The van der Waals surface area contributed by atoms with Gasteiger partial charge >= 0.3 is 6.16 Å². The van der Waals surface area contributed by atoms with Crippen LogP contribution in [0, 0.1) is 6.92 Å². The Balaban J connectivity index is 0.000000535. The normalized spacial score (nSPS) is 15.4. The Hall–Kier alpha value is -3.07. The summed E-state index contributed by atoms with van der Waals surface area (Å²) >= 11 is 1.75. The molecule has 0 atom stereocenters. The molecule has 9 heteroatoms. The van der Waals surface area contributed by atoms with E-state index in [1.807, 2.05) is 12.1 Å². The van der Waals surface area contributed by atoms with Crippen LogP contribution in [0.4, 0.5) is 10.6 Å². The minimum Gasteiger partial charge on any atom is -0.454 e. The van der Waals surface area contributed by atoms with Gasteiger partial charge in [-0.15, -0.1) is 11.3 Å². The van der Waals surface area contributed by atoms with E-state index in [0.29, 0.717) is 19.3 Å². The molecule has 3 heterocycles. The zero-order chi connectivity index (χ0) is 21.8. The van der Waals surface area contributed by atoms with Crippen molar-refractivity contribution in [1.29, 1.82) is 0 Å². The highest BCUT2D eigenvalue weighted by Crippen LogP contribution is 2.36. The fourth-order valence-corrected chi connectivity index (χ4v) is 4.86. The van der Waals surface area contributed by atoms with Gasteiger partial charge in [-0.2, -0.15) is 0 Å². The number of rotatable bonds is 4. The Morgan fingerprint density at radius 2 is 1.87 bits per heavy atom. The van der Waals surface area contributed by atoms with Gasteiger partial charge in [0.2, 0.25) is 6.79 Å². The average molecular weight is 444 g/mol. The third-order valence-electron chi connectivity index (χ3n) is 5.40. The Bertz CT molecular complexity index is 1070. The molecule has 164 valence electrons. The number of carboxylic acid groups (broad SMARTS) is 2. The van der Waals surface area contributed by atoms with Crippen LogP contribution in [0.1, 0.15) is 54.3 Å². The van der Waals surface area contributed by atoms with E-state index >= 15 is 0 Å². The van der Waals surface area contributed by atoms with Crippen molar-refractivity contribution in [2.45, 2.75) is 51.5 Å². The molecular weight excluding hydrogens is 418 g/mol. The lowest BCUT2D eigenvalue weighted by Gasteiger charge is -2.21. The first-order valence-corrected chi connectivity index (χ1v) is 11.1. The summed E-state index contributed by atoms with van der Waals surface area (Å²) in [4.78, 5) is 20.8. The number of anilines is 1. The Labute approximate surface area is 183 Å². The Morgan fingerprint density at radius 1 is 1.13 bits per heavy atom. The van der Waals surface area contributed by atoms with Gasteiger partial charge in [-0.05, 0) is 43.5 Å². The second-order valence-electron chi connectivity index (χ2n) is 7.66. The van der Waals surface area contributed by atoms with Crippen molar-refractivity contribution in [3.8, 4) is 11.5 Å². The van der Waals surface area contributed by atoms with Crippen LogP contribution in [0.5, 0.6) is 11.5 Å². The summed E-state index contributed by atoms with van der Waals surface area (Å²) in [5.41, 5.74) is 1.15. The average Bonchev–Trinajstić information content (AvgIpc) is 3.37. The standard InChI is InChI=1S/C21H23N3O2S.CH2O3/c1-13-9-16-20(22-11-14-7-8-17-18(10-14)26-12-25-17)23-19(24-21(16)27-13)15-5-3-2-4-6-15;2-1(3)4/h7-10,15H,2-6,11-12H2,1H3,(H,22,23,24);(H2,2,3,4). The monoisotopic (exact) mass is 443 g/mol. The molecule has 31 heavy (non-hydrogen) atoms. The fraction of sp³-hybridized carbons (Fsp3) is 0.409. The largest absolute Gasteiger partial charge is 0.503 e. The van der Waals surface area contributed by atoms with Gasteiger partial charge in [-0.1, -0.05) is 25.3 Å². The minimum atomic E-state index is -1.83. The molecule has 3 aromatic rings. The molecule has 0 bridgehead atoms.